The molecule has 1 saturated heterocycles. The fraction of sp³-hybridized carbons (Fsp3) is 0.600. The first kappa shape index (κ1) is 22.3. The normalized spacial score (nSPS) is 17.1. The zero-order valence-electron chi connectivity index (χ0n) is 17.5. The van der Waals surface area contributed by atoms with Crippen molar-refractivity contribution < 1.29 is 18.1 Å². The van der Waals surface area contributed by atoms with E-state index in [1.165, 1.54) is 18.3 Å². The largest absolute Gasteiger partial charge is 0.444 e. The molecule has 1 unspecified atom stereocenters. The van der Waals surface area contributed by atoms with Crippen molar-refractivity contribution in [1.82, 2.24) is 4.90 Å². The molecule has 1 aromatic rings. The van der Waals surface area contributed by atoms with E-state index in [1.54, 1.807) is 11.0 Å². The number of hydrogen-bond donors (Lipinski definition) is 0. The summed E-state index contributed by atoms with van der Waals surface area (Å²) < 4.78 is 35.0. The first-order valence-electron chi connectivity index (χ1n) is 9.35. The van der Waals surface area contributed by atoms with Gasteiger partial charge in [0.15, 0.2) is 0 Å². The van der Waals surface area contributed by atoms with Crippen LogP contribution in [0.1, 0.15) is 47.1 Å². The highest BCUT2D eigenvalue weighted by atomic mass is 32.2. The molecular weight excluding hydrogens is 381 g/mol. The molecule has 0 bridgehead atoms. The van der Waals surface area contributed by atoms with Gasteiger partial charge < -0.3 is 14.5 Å². The van der Waals surface area contributed by atoms with Gasteiger partial charge in [0.05, 0.1) is 4.75 Å². The van der Waals surface area contributed by atoms with Crippen LogP contribution in [0.25, 0.3) is 0 Å². The van der Waals surface area contributed by atoms with Gasteiger partial charge >= 0.3 is 6.09 Å². The summed E-state index contributed by atoms with van der Waals surface area (Å²) in [5, 5.41) is 0. The Morgan fingerprint density at radius 2 is 1.75 bits per heavy atom. The van der Waals surface area contributed by atoms with E-state index in [4.69, 9.17) is 4.74 Å². The van der Waals surface area contributed by atoms with Gasteiger partial charge in [-0.05, 0) is 59.7 Å². The standard InChI is InChI=1S/C20H30FN3O3S/c1-19(2,3)27-18(25)24-11-9-23(10-12-24)17-8-7-16(21)13-15(17)14-22-28(26)20(4,5)6/h7-8,13-14H,9-12H2,1-6H3/b22-14+. The average Bonchev–Trinajstić information content (AvgIpc) is 2.57. The summed E-state index contributed by atoms with van der Waals surface area (Å²) in [5.74, 6) is -0.376. The maximum absolute atomic E-state index is 13.8. The molecule has 1 heterocycles. The zero-order chi connectivity index (χ0) is 21.1. The number of carbonyl (C=O) groups excluding carboxylic acids is 1. The second-order valence-electron chi connectivity index (χ2n) is 8.75. The van der Waals surface area contributed by atoms with Gasteiger partial charge in [0, 0.05) is 43.6 Å². The quantitative estimate of drug-likeness (QED) is 0.711. The van der Waals surface area contributed by atoms with Gasteiger partial charge in [-0.1, -0.05) is 0 Å². The maximum atomic E-state index is 13.8. The minimum absolute atomic E-state index is 0.325. The smallest absolute Gasteiger partial charge is 0.410 e. The Labute approximate surface area is 169 Å². The molecule has 0 aliphatic carbocycles. The van der Waals surface area contributed by atoms with Gasteiger partial charge in [-0.2, -0.15) is 4.40 Å². The summed E-state index contributed by atoms with van der Waals surface area (Å²) in [6.07, 6.45) is 1.15. The van der Waals surface area contributed by atoms with Crippen molar-refractivity contribution in [2.75, 3.05) is 31.1 Å². The van der Waals surface area contributed by atoms with Gasteiger partial charge in [-0.25, -0.2) is 13.4 Å². The molecule has 28 heavy (non-hydrogen) atoms. The Kier molecular flexibility index (Phi) is 6.85. The molecule has 2 rings (SSSR count). The van der Waals surface area contributed by atoms with Crippen LogP contribution in [0.15, 0.2) is 22.6 Å². The summed E-state index contributed by atoms with van der Waals surface area (Å²) in [6.45, 7) is 13.2. The topological polar surface area (TPSA) is 62.2 Å². The van der Waals surface area contributed by atoms with Gasteiger partial charge in [0.2, 0.25) is 0 Å². The number of halogens is 1. The molecule has 0 aromatic heterocycles. The van der Waals surface area contributed by atoms with Crippen molar-refractivity contribution in [2.45, 2.75) is 51.9 Å². The molecule has 1 fully saturated rings. The SMILES string of the molecule is CC(C)(C)OC(=O)N1CCN(c2ccc(F)cc2/C=N/S(=O)C(C)(C)C)CC1. The Bertz CT molecular complexity index is 761. The number of ether oxygens (including phenoxy) is 1. The van der Waals surface area contributed by atoms with Crippen molar-refractivity contribution in [3.63, 3.8) is 0 Å². The minimum Gasteiger partial charge on any atom is -0.444 e. The third-order valence-electron chi connectivity index (χ3n) is 4.07. The van der Waals surface area contributed by atoms with E-state index in [0.29, 0.717) is 31.7 Å². The third kappa shape index (κ3) is 6.29. The van der Waals surface area contributed by atoms with Crippen LogP contribution in [0.2, 0.25) is 0 Å². The van der Waals surface area contributed by atoms with Crippen molar-refractivity contribution in [3.8, 4) is 0 Å². The van der Waals surface area contributed by atoms with Crippen molar-refractivity contribution in [3.05, 3.63) is 29.6 Å². The highest BCUT2D eigenvalue weighted by molar-refractivity contribution is 7.85. The molecule has 0 saturated carbocycles. The lowest BCUT2D eigenvalue weighted by Crippen LogP contribution is -2.50. The Hall–Kier alpha value is -1.96. The van der Waals surface area contributed by atoms with Gasteiger partial charge in [-0.3, -0.25) is 0 Å². The number of rotatable bonds is 3. The number of benzene rings is 1. The molecular formula is C20H30FN3O3S. The van der Waals surface area contributed by atoms with E-state index in [2.05, 4.69) is 9.30 Å². The fourth-order valence-corrected chi connectivity index (χ4v) is 3.16. The lowest BCUT2D eigenvalue weighted by Gasteiger charge is -2.37. The van der Waals surface area contributed by atoms with Gasteiger partial charge in [0.25, 0.3) is 0 Å². The number of anilines is 1. The number of piperazine rings is 1. The molecule has 1 aliphatic heterocycles. The molecule has 1 atom stereocenters. The van der Waals surface area contributed by atoms with Crippen molar-refractivity contribution in [1.29, 1.82) is 0 Å². The van der Waals surface area contributed by atoms with E-state index in [0.717, 1.165) is 5.69 Å². The van der Waals surface area contributed by atoms with Crippen molar-refractivity contribution >= 4 is 29.0 Å². The number of carbonyl (C=O) groups is 1. The van der Waals surface area contributed by atoms with Crippen LogP contribution >= 0.6 is 0 Å². The zero-order valence-corrected chi connectivity index (χ0v) is 18.3. The third-order valence-corrected chi connectivity index (χ3v) is 5.42. The monoisotopic (exact) mass is 411 g/mol. The average molecular weight is 412 g/mol. The predicted molar refractivity (Wildman–Crippen MR) is 112 cm³/mol. The molecule has 8 heteroatoms. The Morgan fingerprint density at radius 3 is 2.29 bits per heavy atom. The van der Waals surface area contributed by atoms with Crippen LogP contribution in [0.5, 0.6) is 0 Å². The second kappa shape index (κ2) is 8.59. The number of hydrogen-bond acceptors (Lipinski definition) is 4. The van der Waals surface area contributed by atoms with E-state index in [1.807, 2.05) is 41.5 Å². The van der Waals surface area contributed by atoms with Gasteiger partial charge in [-0.15, -0.1) is 0 Å². The van der Waals surface area contributed by atoms with Crippen LogP contribution in [0, 0.1) is 5.82 Å². The van der Waals surface area contributed by atoms with E-state index in [9.17, 15) is 13.4 Å². The van der Waals surface area contributed by atoms with E-state index < -0.39 is 21.3 Å². The summed E-state index contributed by atoms with van der Waals surface area (Å²) in [5.41, 5.74) is 0.848. The fourth-order valence-electron chi connectivity index (χ4n) is 2.64. The van der Waals surface area contributed by atoms with E-state index in [-0.39, 0.29) is 11.9 Å². The summed E-state index contributed by atoms with van der Waals surface area (Å²) in [4.78, 5) is 16.0. The van der Waals surface area contributed by atoms with Crippen LogP contribution in [-0.4, -0.2) is 57.9 Å². The van der Waals surface area contributed by atoms with Crippen LogP contribution < -0.4 is 4.90 Å². The first-order chi connectivity index (χ1) is 12.9. The Morgan fingerprint density at radius 1 is 1.14 bits per heavy atom. The molecule has 6 nitrogen and oxygen atoms in total. The summed E-state index contributed by atoms with van der Waals surface area (Å²) in [7, 11) is -1.42. The predicted octanol–water partition coefficient (Wildman–Crippen LogP) is 3.76. The molecule has 1 amide bonds. The second-order valence-corrected chi connectivity index (χ2v) is 10.7. The highest BCUT2D eigenvalue weighted by Crippen LogP contribution is 2.23. The lowest BCUT2D eigenvalue weighted by atomic mass is 10.1. The summed E-state index contributed by atoms with van der Waals surface area (Å²) >= 11 is 0. The van der Waals surface area contributed by atoms with Crippen LogP contribution in [-0.2, 0) is 15.7 Å². The Balaban J connectivity index is 2.12. The highest BCUT2D eigenvalue weighted by Gasteiger charge is 2.26. The first-order valence-corrected chi connectivity index (χ1v) is 10.5. The maximum Gasteiger partial charge on any atom is 0.410 e. The molecule has 0 N–H and O–H groups in total. The molecule has 1 aliphatic rings. The summed E-state index contributed by atoms with van der Waals surface area (Å²) in [6, 6.07) is 4.48. The van der Waals surface area contributed by atoms with Crippen LogP contribution in [0.3, 0.4) is 0 Å². The molecule has 0 spiro atoms. The molecule has 156 valence electrons. The van der Waals surface area contributed by atoms with Crippen LogP contribution in [0.4, 0.5) is 14.9 Å². The lowest BCUT2D eigenvalue weighted by molar-refractivity contribution is 0.0240. The molecule has 0 radical (unpaired) electrons. The minimum atomic E-state index is -1.42. The number of amides is 1. The van der Waals surface area contributed by atoms with E-state index >= 15 is 0 Å². The molecule has 1 aromatic carbocycles. The van der Waals surface area contributed by atoms with Crippen molar-refractivity contribution in [2.24, 2.45) is 4.40 Å². The number of nitrogens with zero attached hydrogens (tertiary/aromatic N) is 3. The van der Waals surface area contributed by atoms with Gasteiger partial charge in [0.1, 0.15) is 22.4 Å².